The Balaban J connectivity index is 1.15. The number of aromatic nitrogens is 4. The van der Waals surface area contributed by atoms with Gasteiger partial charge in [0.1, 0.15) is 11.6 Å². The summed E-state index contributed by atoms with van der Waals surface area (Å²) in [6.45, 7) is 4.98. The highest BCUT2D eigenvalue weighted by atomic mass is 16.7. The summed E-state index contributed by atoms with van der Waals surface area (Å²) < 4.78 is 18.7. The van der Waals surface area contributed by atoms with E-state index in [0.29, 0.717) is 37.5 Å². The van der Waals surface area contributed by atoms with Crippen LogP contribution in [-0.4, -0.2) is 63.9 Å². The van der Waals surface area contributed by atoms with Gasteiger partial charge in [-0.05, 0) is 37.6 Å². The van der Waals surface area contributed by atoms with Gasteiger partial charge < -0.3 is 24.1 Å². The molecule has 1 N–H and O–H groups in total. The minimum Gasteiger partial charge on any atom is -0.469 e. The fourth-order valence-corrected chi connectivity index (χ4v) is 4.47. The van der Waals surface area contributed by atoms with Crippen molar-refractivity contribution in [2.24, 2.45) is 0 Å². The summed E-state index contributed by atoms with van der Waals surface area (Å²) >= 11 is 0. The van der Waals surface area contributed by atoms with E-state index in [1.807, 2.05) is 31.2 Å². The standard InChI is InChI=1S/C23H30N6O4/c1-17(4-5-18-3-2-14-31-18)24-22(30)9-8-20-26-25-19-6-7-21(27-29(19)20)28-12-10-23(11-13-28)32-15-16-33-23/h2-3,6-7,14,17H,4-5,8-13,15-16H2,1H3,(H,24,30). The molecule has 10 nitrogen and oxygen atoms in total. The minimum atomic E-state index is -0.412. The molecule has 1 atom stereocenters. The van der Waals surface area contributed by atoms with Crippen LogP contribution in [0.25, 0.3) is 5.65 Å². The molecule has 5 rings (SSSR count). The Bertz CT molecular complexity index is 1070. The van der Waals surface area contributed by atoms with E-state index in [1.54, 1.807) is 10.8 Å². The molecular formula is C23H30N6O4. The number of amides is 1. The molecule has 33 heavy (non-hydrogen) atoms. The molecule has 1 unspecified atom stereocenters. The van der Waals surface area contributed by atoms with Crippen molar-refractivity contribution in [3.8, 4) is 0 Å². The Labute approximate surface area is 192 Å². The number of piperidine rings is 1. The first kappa shape index (κ1) is 21.8. The lowest BCUT2D eigenvalue weighted by atomic mass is 10.0. The number of aryl methyl sites for hydroxylation is 2. The van der Waals surface area contributed by atoms with Crippen molar-refractivity contribution in [1.82, 2.24) is 25.1 Å². The number of fused-ring (bicyclic) bond motifs is 1. The van der Waals surface area contributed by atoms with Crippen molar-refractivity contribution in [1.29, 1.82) is 0 Å². The minimum absolute atomic E-state index is 0.00672. The highest BCUT2D eigenvalue weighted by Gasteiger charge is 2.40. The van der Waals surface area contributed by atoms with Crippen LogP contribution >= 0.6 is 0 Å². The highest BCUT2D eigenvalue weighted by Crippen LogP contribution is 2.32. The maximum Gasteiger partial charge on any atom is 0.220 e. The largest absolute Gasteiger partial charge is 0.469 e. The van der Waals surface area contributed by atoms with Gasteiger partial charge in [-0.15, -0.1) is 15.3 Å². The zero-order valence-corrected chi connectivity index (χ0v) is 18.9. The van der Waals surface area contributed by atoms with E-state index in [4.69, 9.17) is 19.0 Å². The van der Waals surface area contributed by atoms with E-state index < -0.39 is 5.79 Å². The van der Waals surface area contributed by atoms with Gasteiger partial charge in [0, 0.05) is 51.2 Å². The van der Waals surface area contributed by atoms with Crippen molar-refractivity contribution >= 4 is 17.4 Å². The molecule has 2 aliphatic heterocycles. The summed E-state index contributed by atoms with van der Waals surface area (Å²) in [6.07, 6.45) is 5.73. The Morgan fingerprint density at radius 2 is 1.97 bits per heavy atom. The van der Waals surface area contributed by atoms with Crippen molar-refractivity contribution in [3.63, 3.8) is 0 Å². The first-order chi connectivity index (χ1) is 16.1. The number of nitrogens with zero attached hydrogens (tertiary/aromatic N) is 5. The summed E-state index contributed by atoms with van der Waals surface area (Å²) in [4.78, 5) is 14.7. The molecule has 2 saturated heterocycles. The SMILES string of the molecule is CC(CCc1ccco1)NC(=O)CCc1nnc2ccc(N3CCC4(CC3)OCCO4)nn12. The van der Waals surface area contributed by atoms with Gasteiger partial charge in [-0.3, -0.25) is 4.79 Å². The molecule has 2 aliphatic rings. The molecule has 5 heterocycles. The number of hydrogen-bond acceptors (Lipinski definition) is 8. The van der Waals surface area contributed by atoms with Crippen LogP contribution in [0.4, 0.5) is 5.82 Å². The predicted molar refractivity (Wildman–Crippen MR) is 120 cm³/mol. The van der Waals surface area contributed by atoms with Gasteiger partial charge in [-0.25, -0.2) is 0 Å². The molecular weight excluding hydrogens is 424 g/mol. The summed E-state index contributed by atoms with van der Waals surface area (Å²) in [5, 5.41) is 16.3. The Hall–Kier alpha value is -2.98. The monoisotopic (exact) mass is 454 g/mol. The van der Waals surface area contributed by atoms with Crippen molar-refractivity contribution in [2.45, 2.75) is 57.3 Å². The van der Waals surface area contributed by atoms with Gasteiger partial charge in [0.15, 0.2) is 17.3 Å². The average molecular weight is 455 g/mol. The second-order valence-corrected chi connectivity index (χ2v) is 8.76. The molecule has 2 fully saturated rings. The number of furan rings is 1. The molecule has 0 aromatic carbocycles. The Morgan fingerprint density at radius 3 is 2.73 bits per heavy atom. The number of rotatable bonds is 8. The summed E-state index contributed by atoms with van der Waals surface area (Å²) in [5.74, 6) is 2.06. The zero-order chi connectivity index (χ0) is 22.7. The second-order valence-electron chi connectivity index (χ2n) is 8.76. The van der Waals surface area contributed by atoms with E-state index in [-0.39, 0.29) is 11.9 Å². The molecule has 0 saturated carbocycles. The van der Waals surface area contributed by atoms with Gasteiger partial charge >= 0.3 is 0 Å². The van der Waals surface area contributed by atoms with Gasteiger partial charge in [0.05, 0.1) is 19.5 Å². The van der Waals surface area contributed by atoms with Crippen molar-refractivity contribution < 1.29 is 18.7 Å². The van der Waals surface area contributed by atoms with Crippen molar-refractivity contribution in [2.75, 3.05) is 31.2 Å². The second kappa shape index (κ2) is 9.48. The van der Waals surface area contributed by atoms with E-state index in [9.17, 15) is 4.79 Å². The third kappa shape index (κ3) is 5.01. The van der Waals surface area contributed by atoms with Gasteiger partial charge in [-0.2, -0.15) is 4.52 Å². The van der Waals surface area contributed by atoms with Crippen LogP contribution < -0.4 is 10.2 Å². The molecule has 1 amide bonds. The fourth-order valence-electron chi connectivity index (χ4n) is 4.47. The van der Waals surface area contributed by atoms with Crippen LogP contribution in [0.2, 0.25) is 0 Å². The topological polar surface area (TPSA) is 107 Å². The molecule has 176 valence electrons. The summed E-state index contributed by atoms with van der Waals surface area (Å²) in [6, 6.07) is 7.78. The Kier molecular flexibility index (Phi) is 6.28. The van der Waals surface area contributed by atoms with Crippen LogP contribution in [0, 0.1) is 0 Å². The van der Waals surface area contributed by atoms with Crippen LogP contribution in [-0.2, 0) is 27.1 Å². The third-order valence-electron chi connectivity index (χ3n) is 6.36. The lowest BCUT2D eigenvalue weighted by molar-refractivity contribution is -0.169. The third-order valence-corrected chi connectivity index (χ3v) is 6.36. The zero-order valence-electron chi connectivity index (χ0n) is 18.9. The van der Waals surface area contributed by atoms with E-state index in [2.05, 4.69) is 20.4 Å². The van der Waals surface area contributed by atoms with Crippen LogP contribution in [0.3, 0.4) is 0 Å². The molecule has 3 aromatic rings. The summed E-state index contributed by atoms with van der Waals surface area (Å²) in [7, 11) is 0. The van der Waals surface area contributed by atoms with Gasteiger partial charge in [-0.1, -0.05) is 0 Å². The normalized spacial score (nSPS) is 18.8. The fraction of sp³-hybridized carbons (Fsp3) is 0.565. The van der Waals surface area contributed by atoms with Gasteiger partial charge in [0.25, 0.3) is 0 Å². The number of hydrogen-bond donors (Lipinski definition) is 1. The molecule has 0 bridgehead atoms. The van der Waals surface area contributed by atoms with Crippen LogP contribution in [0.15, 0.2) is 34.9 Å². The molecule has 0 radical (unpaired) electrons. The lowest BCUT2D eigenvalue weighted by Crippen LogP contribution is -2.45. The number of carbonyl (C=O) groups is 1. The van der Waals surface area contributed by atoms with Gasteiger partial charge in [0.2, 0.25) is 5.91 Å². The summed E-state index contributed by atoms with van der Waals surface area (Å²) in [5.41, 5.74) is 0.678. The first-order valence-corrected chi connectivity index (χ1v) is 11.7. The van der Waals surface area contributed by atoms with Crippen LogP contribution in [0.5, 0.6) is 0 Å². The van der Waals surface area contributed by atoms with E-state index >= 15 is 0 Å². The average Bonchev–Trinajstić information content (AvgIpc) is 3.58. The van der Waals surface area contributed by atoms with E-state index in [1.165, 1.54) is 0 Å². The number of nitrogens with one attached hydrogen (secondary N) is 1. The lowest BCUT2D eigenvalue weighted by Gasteiger charge is -2.38. The maximum atomic E-state index is 12.4. The van der Waals surface area contributed by atoms with Crippen LogP contribution in [0.1, 0.15) is 44.2 Å². The molecule has 10 heteroatoms. The Morgan fingerprint density at radius 1 is 1.15 bits per heavy atom. The predicted octanol–water partition coefficient (Wildman–Crippen LogP) is 2.13. The number of carbonyl (C=O) groups excluding carboxylic acids is 1. The highest BCUT2D eigenvalue weighted by molar-refractivity contribution is 5.76. The smallest absolute Gasteiger partial charge is 0.220 e. The quantitative estimate of drug-likeness (QED) is 0.552. The number of anilines is 1. The first-order valence-electron chi connectivity index (χ1n) is 11.7. The molecule has 3 aromatic heterocycles. The molecule has 1 spiro atoms. The molecule has 0 aliphatic carbocycles. The number of ether oxygens (including phenoxy) is 2. The van der Waals surface area contributed by atoms with E-state index in [0.717, 1.165) is 50.4 Å². The maximum absolute atomic E-state index is 12.4. The van der Waals surface area contributed by atoms with Crippen molar-refractivity contribution in [3.05, 3.63) is 42.1 Å².